The van der Waals surface area contributed by atoms with E-state index in [0.717, 1.165) is 6.42 Å². The first-order valence-electron chi connectivity index (χ1n) is 3.72. The molecule has 2 heterocycles. The van der Waals surface area contributed by atoms with E-state index in [1.807, 2.05) is 6.92 Å². The fraction of sp³-hybridized carbons (Fsp3) is 1.00. The molecule has 0 radical (unpaired) electrons. The van der Waals surface area contributed by atoms with E-state index < -0.39 is 6.10 Å². The number of aliphatic hydroxyl groups excluding tert-OH is 1. The Kier molecular flexibility index (Phi) is 1.44. The fourth-order valence-corrected chi connectivity index (χ4v) is 1.69. The van der Waals surface area contributed by atoms with Crippen LogP contribution >= 0.6 is 0 Å². The molecule has 2 aliphatic rings. The summed E-state index contributed by atoms with van der Waals surface area (Å²) in [5, 5.41) is 9.27. The zero-order valence-corrected chi connectivity index (χ0v) is 5.99. The smallest absolute Gasteiger partial charge is 0.112 e. The van der Waals surface area contributed by atoms with E-state index in [9.17, 15) is 5.11 Å². The van der Waals surface area contributed by atoms with Gasteiger partial charge in [-0.15, -0.1) is 0 Å². The third kappa shape index (κ3) is 0.856. The summed E-state index contributed by atoms with van der Waals surface area (Å²) in [4.78, 5) is 0. The van der Waals surface area contributed by atoms with Gasteiger partial charge in [0.05, 0.1) is 18.8 Å². The molecule has 0 aromatic rings. The SMILES string of the molecule is CC1CC2OCC(O)C2O1. The van der Waals surface area contributed by atoms with Gasteiger partial charge < -0.3 is 14.6 Å². The average molecular weight is 144 g/mol. The van der Waals surface area contributed by atoms with Gasteiger partial charge in [-0.05, 0) is 6.92 Å². The molecule has 0 aromatic heterocycles. The first kappa shape index (κ1) is 6.58. The van der Waals surface area contributed by atoms with Crippen LogP contribution in [0.3, 0.4) is 0 Å². The molecule has 4 atom stereocenters. The standard InChI is InChI=1S/C7H12O3/c1-4-2-6-7(10-4)5(8)3-9-6/h4-8H,2-3H2,1H3. The van der Waals surface area contributed by atoms with Crippen molar-refractivity contribution in [3.05, 3.63) is 0 Å². The largest absolute Gasteiger partial charge is 0.388 e. The third-order valence-electron chi connectivity index (χ3n) is 2.18. The van der Waals surface area contributed by atoms with Crippen LogP contribution in [0.1, 0.15) is 13.3 Å². The van der Waals surface area contributed by atoms with Gasteiger partial charge in [-0.1, -0.05) is 0 Å². The van der Waals surface area contributed by atoms with E-state index >= 15 is 0 Å². The van der Waals surface area contributed by atoms with Crippen molar-refractivity contribution in [3.63, 3.8) is 0 Å². The van der Waals surface area contributed by atoms with Crippen LogP contribution in [0.2, 0.25) is 0 Å². The van der Waals surface area contributed by atoms with Gasteiger partial charge >= 0.3 is 0 Å². The van der Waals surface area contributed by atoms with Crippen LogP contribution in [0.25, 0.3) is 0 Å². The van der Waals surface area contributed by atoms with Crippen LogP contribution in [-0.2, 0) is 9.47 Å². The summed E-state index contributed by atoms with van der Waals surface area (Å²) >= 11 is 0. The molecule has 2 fully saturated rings. The van der Waals surface area contributed by atoms with Crippen molar-refractivity contribution in [2.24, 2.45) is 0 Å². The van der Waals surface area contributed by atoms with Gasteiger partial charge in [0.15, 0.2) is 0 Å². The first-order valence-corrected chi connectivity index (χ1v) is 3.72. The molecule has 3 heteroatoms. The van der Waals surface area contributed by atoms with Gasteiger partial charge in [0, 0.05) is 6.42 Å². The van der Waals surface area contributed by atoms with Crippen LogP contribution in [0, 0.1) is 0 Å². The summed E-state index contributed by atoms with van der Waals surface area (Å²) in [5.41, 5.74) is 0. The lowest BCUT2D eigenvalue weighted by Crippen LogP contribution is -2.27. The van der Waals surface area contributed by atoms with Gasteiger partial charge in [0.2, 0.25) is 0 Å². The van der Waals surface area contributed by atoms with Crippen molar-refractivity contribution in [1.82, 2.24) is 0 Å². The van der Waals surface area contributed by atoms with Crippen LogP contribution in [0.4, 0.5) is 0 Å². The predicted molar refractivity (Wildman–Crippen MR) is 34.7 cm³/mol. The van der Waals surface area contributed by atoms with Crippen molar-refractivity contribution in [1.29, 1.82) is 0 Å². The predicted octanol–water partition coefficient (Wildman–Crippen LogP) is -0.0765. The van der Waals surface area contributed by atoms with Crippen molar-refractivity contribution in [2.75, 3.05) is 6.61 Å². The van der Waals surface area contributed by atoms with E-state index in [4.69, 9.17) is 9.47 Å². The minimum absolute atomic E-state index is 0.0463. The summed E-state index contributed by atoms with van der Waals surface area (Å²) in [7, 11) is 0. The van der Waals surface area contributed by atoms with Gasteiger partial charge in [-0.3, -0.25) is 0 Å². The average Bonchev–Trinajstić information content (AvgIpc) is 2.35. The summed E-state index contributed by atoms with van der Waals surface area (Å²) < 4.78 is 10.7. The second kappa shape index (κ2) is 2.19. The summed E-state index contributed by atoms with van der Waals surface area (Å²) in [6.45, 7) is 2.45. The molecule has 10 heavy (non-hydrogen) atoms. The Bertz CT molecular complexity index is 137. The molecular weight excluding hydrogens is 132 g/mol. The lowest BCUT2D eigenvalue weighted by atomic mass is 10.1. The molecule has 0 aromatic carbocycles. The summed E-state index contributed by atoms with van der Waals surface area (Å²) in [6, 6.07) is 0. The lowest BCUT2D eigenvalue weighted by Gasteiger charge is -2.10. The van der Waals surface area contributed by atoms with Crippen molar-refractivity contribution in [2.45, 2.75) is 37.8 Å². The Hall–Kier alpha value is -0.120. The molecular formula is C7H12O3. The molecule has 2 aliphatic heterocycles. The number of hydrogen-bond acceptors (Lipinski definition) is 3. The maximum Gasteiger partial charge on any atom is 0.112 e. The minimum atomic E-state index is -0.394. The summed E-state index contributed by atoms with van der Waals surface area (Å²) in [5.74, 6) is 0. The molecule has 1 N–H and O–H groups in total. The van der Waals surface area contributed by atoms with Crippen LogP contribution in [0.5, 0.6) is 0 Å². The van der Waals surface area contributed by atoms with Gasteiger partial charge in [0.25, 0.3) is 0 Å². The molecule has 0 saturated carbocycles. The Morgan fingerprint density at radius 3 is 3.00 bits per heavy atom. The monoisotopic (exact) mass is 144 g/mol. The number of ether oxygens (including phenoxy) is 2. The highest BCUT2D eigenvalue weighted by Gasteiger charge is 2.43. The lowest BCUT2D eigenvalue weighted by molar-refractivity contribution is -0.0125. The maximum atomic E-state index is 9.27. The van der Waals surface area contributed by atoms with Crippen molar-refractivity contribution < 1.29 is 14.6 Å². The van der Waals surface area contributed by atoms with Crippen molar-refractivity contribution in [3.8, 4) is 0 Å². The normalized spacial score (nSPS) is 53.4. The second-order valence-electron chi connectivity index (χ2n) is 3.09. The Balaban J connectivity index is 2.05. The molecule has 0 amide bonds. The molecule has 0 spiro atoms. The Labute approximate surface area is 59.9 Å². The van der Waals surface area contributed by atoms with E-state index in [-0.39, 0.29) is 18.3 Å². The topological polar surface area (TPSA) is 38.7 Å². The zero-order valence-electron chi connectivity index (χ0n) is 5.99. The molecule has 2 rings (SSSR count). The second-order valence-corrected chi connectivity index (χ2v) is 3.09. The third-order valence-corrected chi connectivity index (χ3v) is 2.18. The molecule has 2 saturated heterocycles. The van der Waals surface area contributed by atoms with Crippen LogP contribution in [0.15, 0.2) is 0 Å². The maximum absolute atomic E-state index is 9.27. The van der Waals surface area contributed by atoms with E-state index in [0.29, 0.717) is 6.61 Å². The quantitative estimate of drug-likeness (QED) is 0.517. The number of fused-ring (bicyclic) bond motifs is 1. The summed E-state index contributed by atoms with van der Waals surface area (Å²) in [6.07, 6.45) is 0.904. The van der Waals surface area contributed by atoms with E-state index in [2.05, 4.69) is 0 Å². The first-order chi connectivity index (χ1) is 4.77. The van der Waals surface area contributed by atoms with Crippen LogP contribution in [-0.4, -0.2) is 36.1 Å². The molecule has 3 nitrogen and oxygen atoms in total. The van der Waals surface area contributed by atoms with E-state index in [1.165, 1.54) is 0 Å². The molecule has 0 bridgehead atoms. The highest BCUT2D eigenvalue weighted by molar-refractivity contribution is 4.91. The fourth-order valence-electron chi connectivity index (χ4n) is 1.69. The number of aliphatic hydroxyl groups is 1. The molecule has 58 valence electrons. The minimum Gasteiger partial charge on any atom is -0.388 e. The van der Waals surface area contributed by atoms with Crippen LogP contribution < -0.4 is 0 Å². The van der Waals surface area contributed by atoms with Gasteiger partial charge in [0.1, 0.15) is 12.2 Å². The highest BCUT2D eigenvalue weighted by Crippen LogP contribution is 2.30. The molecule has 4 unspecified atom stereocenters. The van der Waals surface area contributed by atoms with Gasteiger partial charge in [-0.2, -0.15) is 0 Å². The van der Waals surface area contributed by atoms with Gasteiger partial charge in [-0.25, -0.2) is 0 Å². The number of rotatable bonds is 0. The number of hydrogen-bond donors (Lipinski definition) is 1. The van der Waals surface area contributed by atoms with Crippen molar-refractivity contribution >= 4 is 0 Å². The Morgan fingerprint density at radius 2 is 2.30 bits per heavy atom. The highest BCUT2D eigenvalue weighted by atomic mass is 16.6. The van der Waals surface area contributed by atoms with E-state index in [1.54, 1.807) is 0 Å². The zero-order chi connectivity index (χ0) is 7.14. The molecule has 0 aliphatic carbocycles. The Morgan fingerprint density at radius 1 is 1.50 bits per heavy atom.